The zero-order valence-corrected chi connectivity index (χ0v) is 17.9. The lowest BCUT2D eigenvalue weighted by atomic mass is 9.86. The van der Waals surface area contributed by atoms with Crippen molar-refractivity contribution in [2.45, 2.75) is 37.6 Å². The highest BCUT2D eigenvalue weighted by Gasteiger charge is 2.49. The number of amidine groups is 1. The summed E-state index contributed by atoms with van der Waals surface area (Å²) in [7, 11) is 0. The van der Waals surface area contributed by atoms with Crippen LogP contribution in [0.25, 0.3) is 22.8 Å². The quantitative estimate of drug-likeness (QED) is 0.497. The molecule has 14 heteroatoms. The van der Waals surface area contributed by atoms with E-state index in [0.29, 0.717) is 0 Å². The number of aromatic nitrogens is 3. The van der Waals surface area contributed by atoms with Crippen LogP contribution in [0.1, 0.15) is 18.9 Å². The predicted octanol–water partition coefficient (Wildman–Crippen LogP) is 4.46. The van der Waals surface area contributed by atoms with Crippen LogP contribution in [-0.4, -0.2) is 46.4 Å². The van der Waals surface area contributed by atoms with Gasteiger partial charge in [-0.3, -0.25) is 0 Å². The molecule has 0 radical (unpaired) electrons. The van der Waals surface area contributed by atoms with Gasteiger partial charge in [-0.15, -0.1) is 0 Å². The number of ether oxygens (including phenoxy) is 2. The van der Waals surface area contributed by atoms with E-state index in [-0.39, 0.29) is 34.2 Å². The van der Waals surface area contributed by atoms with Gasteiger partial charge in [-0.25, -0.2) is 28.1 Å². The van der Waals surface area contributed by atoms with Gasteiger partial charge in [0.1, 0.15) is 18.0 Å². The van der Waals surface area contributed by atoms with Crippen LogP contribution in [0.2, 0.25) is 0 Å². The van der Waals surface area contributed by atoms with E-state index >= 15 is 0 Å². The maximum absolute atomic E-state index is 14.7. The van der Waals surface area contributed by atoms with Crippen LogP contribution in [0.15, 0.2) is 46.2 Å². The summed E-state index contributed by atoms with van der Waals surface area (Å²) >= 11 is 0. The van der Waals surface area contributed by atoms with Crippen molar-refractivity contribution in [3.05, 3.63) is 48.0 Å². The van der Waals surface area contributed by atoms with Crippen molar-refractivity contribution >= 4 is 6.02 Å². The van der Waals surface area contributed by atoms with Gasteiger partial charge >= 0.3 is 6.18 Å². The Kier molecular flexibility index (Phi) is 6.30. The highest BCUT2D eigenvalue weighted by Crippen LogP contribution is 2.41. The minimum absolute atomic E-state index is 0.0293. The van der Waals surface area contributed by atoms with Gasteiger partial charge in [0, 0.05) is 23.6 Å². The van der Waals surface area contributed by atoms with Crippen LogP contribution in [-0.2, 0) is 10.3 Å². The van der Waals surface area contributed by atoms with Crippen molar-refractivity contribution in [3.63, 3.8) is 0 Å². The van der Waals surface area contributed by atoms with Crippen molar-refractivity contribution in [2.24, 2.45) is 10.7 Å². The average molecular weight is 501 g/mol. The molecule has 0 amide bonds. The molecule has 0 spiro atoms. The van der Waals surface area contributed by atoms with E-state index in [4.69, 9.17) is 19.7 Å². The number of hydrogen-bond donors (Lipinski definition) is 1. The molecule has 4 rings (SSSR count). The lowest BCUT2D eigenvalue weighted by molar-refractivity contribution is -0.164. The van der Waals surface area contributed by atoms with Crippen LogP contribution < -0.4 is 10.5 Å². The number of rotatable bonds is 6. The molecule has 1 aliphatic heterocycles. The molecule has 3 aromatic rings. The SMILES string of the molecule is C[C@@]1(c2cc(-c3cc(-c4ncc(OCC(F)F)cn4)no3)ccc2F)C[C@@H](C(F)(F)F)N=C(N)O1. The molecule has 3 heterocycles. The molecule has 0 saturated heterocycles. The Balaban J connectivity index is 1.60. The van der Waals surface area contributed by atoms with E-state index in [1.165, 1.54) is 37.5 Å². The number of halogens is 6. The largest absolute Gasteiger partial charge is 0.484 e. The third-order valence-corrected chi connectivity index (χ3v) is 5.14. The summed E-state index contributed by atoms with van der Waals surface area (Å²) < 4.78 is 94.5. The van der Waals surface area contributed by atoms with Gasteiger partial charge in [0.2, 0.25) is 0 Å². The molecular weight excluding hydrogens is 484 g/mol. The van der Waals surface area contributed by atoms with Crippen LogP contribution in [0.3, 0.4) is 0 Å². The normalized spacial score (nSPS) is 20.5. The maximum Gasteiger partial charge on any atom is 0.411 e. The Morgan fingerprint density at radius 3 is 2.57 bits per heavy atom. The topological polar surface area (TPSA) is 109 Å². The van der Waals surface area contributed by atoms with E-state index in [2.05, 4.69) is 20.1 Å². The van der Waals surface area contributed by atoms with Crippen molar-refractivity contribution in [1.82, 2.24) is 15.1 Å². The highest BCUT2D eigenvalue weighted by molar-refractivity contribution is 5.73. The van der Waals surface area contributed by atoms with Crippen molar-refractivity contribution in [2.75, 3.05) is 6.61 Å². The third-order valence-electron chi connectivity index (χ3n) is 5.14. The second kappa shape index (κ2) is 9.07. The molecule has 35 heavy (non-hydrogen) atoms. The zero-order chi connectivity index (χ0) is 25.4. The molecule has 2 atom stereocenters. The third kappa shape index (κ3) is 5.30. The van der Waals surface area contributed by atoms with E-state index < -0.39 is 49.1 Å². The van der Waals surface area contributed by atoms with Crippen LogP contribution >= 0.6 is 0 Å². The second-order valence-corrected chi connectivity index (χ2v) is 7.78. The van der Waals surface area contributed by atoms with Gasteiger partial charge in [0.05, 0.1) is 12.4 Å². The van der Waals surface area contributed by atoms with Crippen molar-refractivity contribution in [1.29, 1.82) is 0 Å². The fourth-order valence-electron chi connectivity index (χ4n) is 3.50. The first kappa shape index (κ1) is 24.3. The van der Waals surface area contributed by atoms with Crippen LogP contribution in [0, 0.1) is 5.82 Å². The molecule has 2 aromatic heterocycles. The molecule has 0 aliphatic carbocycles. The van der Waals surface area contributed by atoms with Crippen molar-refractivity contribution < 1.29 is 40.3 Å². The number of aliphatic imine (C=N–C) groups is 1. The summed E-state index contributed by atoms with van der Waals surface area (Å²) in [5, 5.41) is 3.83. The molecular formula is C21H17F6N5O3. The zero-order valence-electron chi connectivity index (χ0n) is 17.9. The number of alkyl halides is 5. The van der Waals surface area contributed by atoms with Gasteiger partial charge in [0.25, 0.3) is 12.4 Å². The summed E-state index contributed by atoms with van der Waals surface area (Å²) in [6.45, 7) is 0.473. The van der Waals surface area contributed by atoms with E-state index in [1.54, 1.807) is 0 Å². The Hall–Kier alpha value is -3.84. The predicted molar refractivity (Wildman–Crippen MR) is 109 cm³/mol. The second-order valence-electron chi connectivity index (χ2n) is 7.78. The van der Waals surface area contributed by atoms with E-state index in [9.17, 15) is 26.3 Å². The molecule has 0 saturated carbocycles. The first-order valence-electron chi connectivity index (χ1n) is 10.0. The standard InChI is InChI=1S/C21H17F6N5O3/c1-20(6-16(21(25,26)27)31-19(28)34-20)12-4-10(2-3-13(12)22)15-5-14(32-35-15)18-29-7-11(8-30-18)33-9-17(23)24/h2-5,7-8,16-17H,6,9H2,1H3,(H2,28,31)/t16-,20-/m0/s1. The molecule has 0 fully saturated rings. The smallest absolute Gasteiger partial charge is 0.411 e. The number of nitrogens with zero attached hydrogens (tertiary/aromatic N) is 4. The highest BCUT2D eigenvalue weighted by atomic mass is 19.4. The molecule has 1 aliphatic rings. The Morgan fingerprint density at radius 2 is 1.91 bits per heavy atom. The lowest BCUT2D eigenvalue weighted by Gasteiger charge is -2.37. The summed E-state index contributed by atoms with van der Waals surface area (Å²) in [6.07, 6.45) is -5.67. The monoisotopic (exact) mass is 501 g/mol. The fraction of sp³-hybridized carbons (Fsp3) is 0.333. The van der Waals surface area contributed by atoms with Gasteiger partial charge in [-0.2, -0.15) is 13.2 Å². The number of nitrogens with two attached hydrogens (primary N) is 1. The molecule has 2 N–H and O–H groups in total. The maximum atomic E-state index is 14.7. The van der Waals surface area contributed by atoms with Gasteiger partial charge in [-0.1, -0.05) is 5.16 Å². The fourth-order valence-corrected chi connectivity index (χ4v) is 3.50. The summed E-state index contributed by atoms with van der Waals surface area (Å²) in [6, 6.07) is 2.23. The molecule has 1 aromatic carbocycles. The minimum atomic E-state index is -4.69. The van der Waals surface area contributed by atoms with Gasteiger partial charge < -0.3 is 19.7 Å². The van der Waals surface area contributed by atoms with Crippen LogP contribution in [0.4, 0.5) is 26.3 Å². The summed E-state index contributed by atoms with van der Waals surface area (Å²) in [5.41, 5.74) is 3.97. The Labute approximate surface area is 193 Å². The molecule has 8 nitrogen and oxygen atoms in total. The summed E-state index contributed by atoms with van der Waals surface area (Å²) in [5.74, 6) is -0.557. The molecule has 0 unspecified atom stereocenters. The Morgan fingerprint density at radius 1 is 1.20 bits per heavy atom. The lowest BCUT2D eigenvalue weighted by Crippen LogP contribution is -2.46. The first-order valence-corrected chi connectivity index (χ1v) is 10.0. The summed E-state index contributed by atoms with van der Waals surface area (Å²) in [4.78, 5) is 11.2. The number of benzene rings is 1. The van der Waals surface area contributed by atoms with E-state index in [0.717, 1.165) is 6.07 Å². The first-order chi connectivity index (χ1) is 16.4. The van der Waals surface area contributed by atoms with E-state index in [1.807, 2.05) is 0 Å². The minimum Gasteiger partial charge on any atom is -0.484 e. The van der Waals surface area contributed by atoms with Crippen LogP contribution in [0.5, 0.6) is 5.75 Å². The average Bonchev–Trinajstić information content (AvgIpc) is 3.27. The van der Waals surface area contributed by atoms with Gasteiger partial charge in [-0.05, 0) is 25.1 Å². The Bertz CT molecular complexity index is 1230. The molecule has 186 valence electrons. The molecule has 0 bridgehead atoms. The number of hydrogen-bond acceptors (Lipinski definition) is 8. The van der Waals surface area contributed by atoms with Gasteiger partial charge in [0.15, 0.2) is 29.1 Å². The van der Waals surface area contributed by atoms with Crippen molar-refractivity contribution in [3.8, 4) is 28.6 Å².